The largest absolute Gasteiger partial charge is 0.305 e. The lowest BCUT2D eigenvalue weighted by Crippen LogP contribution is -2.22. The molecule has 0 fully saturated rings. The van der Waals surface area contributed by atoms with Crippen molar-refractivity contribution in [2.24, 2.45) is 0 Å². The maximum atomic E-state index is 5.93. The van der Waals surface area contributed by atoms with Crippen molar-refractivity contribution in [3.8, 4) is 0 Å². The van der Waals surface area contributed by atoms with Crippen LogP contribution in [0, 0.1) is 0 Å². The van der Waals surface area contributed by atoms with Crippen molar-refractivity contribution < 1.29 is 0 Å². The van der Waals surface area contributed by atoms with Gasteiger partial charge in [0.25, 0.3) is 0 Å². The van der Waals surface area contributed by atoms with Crippen molar-refractivity contribution in [3.05, 3.63) is 71.1 Å². The molecular formula is C17H16ClN3. The second-order valence-electron chi connectivity index (χ2n) is 4.85. The third-order valence-corrected chi connectivity index (χ3v) is 3.64. The Morgan fingerprint density at radius 2 is 2.05 bits per heavy atom. The van der Waals surface area contributed by atoms with Crippen molar-refractivity contribution in [1.29, 1.82) is 0 Å². The maximum absolute atomic E-state index is 5.93. The van der Waals surface area contributed by atoms with Gasteiger partial charge in [-0.15, -0.1) is 0 Å². The van der Waals surface area contributed by atoms with Gasteiger partial charge < -0.3 is 5.32 Å². The SMILES string of the molecule is CCNC(c1ccc2ncccc2c1)c1ccc(Cl)cn1. The number of aromatic nitrogens is 2. The van der Waals surface area contributed by atoms with Crippen molar-refractivity contribution in [2.45, 2.75) is 13.0 Å². The molecule has 0 radical (unpaired) electrons. The second kappa shape index (κ2) is 6.20. The lowest BCUT2D eigenvalue weighted by molar-refractivity contribution is 0.616. The van der Waals surface area contributed by atoms with Gasteiger partial charge in [-0.05, 0) is 42.4 Å². The van der Waals surface area contributed by atoms with Crippen LogP contribution in [0.15, 0.2) is 54.9 Å². The molecule has 0 aliphatic carbocycles. The van der Waals surface area contributed by atoms with E-state index in [-0.39, 0.29) is 6.04 Å². The lowest BCUT2D eigenvalue weighted by Gasteiger charge is -2.18. The molecule has 0 spiro atoms. The molecule has 0 amide bonds. The van der Waals surface area contributed by atoms with E-state index < -0.39 is 0 Å². The van der Waals surface area contributed by atoms with Crippen LogP contribution < -0.4 is 5.32 Å². The summed E-state index contributed by atoms with van der Waals surface area (Å²) >= 11 is 5.93. The van der Waals surface area contributed by atoms with Gasteiger partial charge in [-0.1, -0.05) is 30.7 Å². The molecule has 1 unspecified atom stereocenters. The quantitative estimate of drug-likeness (QED) is 0.791. The summed E-state index contributed by atoms with van der Waals surface area (Å²) in [6.45, 7) is 2.95. The zero-order chi connectivity index (χ0) is 14.7. The first-order valence-electron chi connectivity index (χ1n) is 6.97. The first kappa shape index (κ1) is 14.0. The molecule has 21 heavy (non-hydrogen) atoms. The number of halogens is 1. The molecule has 2 aromatic heterocycles. The van der Waals surface area contributed by atoms with Gasteiger partial charge in [0, 0.05) is 17.8 Å². The fraction of sp³-hybridized carbons (Fsp3) is 0.176. The number of nitrogens with zero attached hydrogens (tertiary/aromatic N) is 2. The average Bonchev–Trinajstić information content (AvgIpc) is 2.53. The van der Waals surface area contributed by atoms with Crippen LogP contribution in [0.25, 0.3) is 10.9 Å². The highest BCUT2D eigenvalue weighted by molar-refractivity contribution is 6.30. The minimum Gasteiger partial charge on any atom is -0.305 e. The predicted molar refractivity (Wildman–Crippen MR) is 86.5 cm³/mol. The Kier molecular flexibility index (Phi) is 4.13. The fourth-order valence-corrected chi connectivity index (χ4v) is 2.54. The number of fused-ring (bicyclic) bond motifs is 1. The summed E-state index contributed by atoms with van der Waals surface area (Å²) in [4.78, 5) is 8.80. The van der Waals surface area contributed by atoms with Crippen LogP contribution in [0.4, 0.5) is 0 Å². The van der Waals surface area contributed by atoms with Gasteiger partial charge in [0.15, 0.2) is 0 Å². The number of hydrogen-bond donors (Lipinski definition) is 1. The van der Waals surface area contributed by atoms with E-state index in [4.69, 9.17) is 11.6 Å². The van der Waals surface area contributed by atoms with E-state index in [1.165, 1.54) is 5.56 Å². The standard InChI is InChI=1S/C17H16ClN3/c1-2-19-17(16-8-6-14(18)11-21-16)13-5-7-15-12(10-13)4-3-9-20-15/h3-11,17,19H,2H2,1H3. The Balaban J connectivity index is 2.04. The van der Waals surface area contributed by atoms with E-state index in [1.807, 2.05) is 30.5 Å². The van der Waals surface area contributed by atoms with Gasteiger partial charge in [0.2, 0.25) is 0 Å². The van der Waals surface area contributed by atoms with Gasteiger partial charge in [-0.2, -0.15) is 0 Å². The topological polar surface area (TPSA) is 37.8 Å². The number of nitrogens with one attached hydrogen (secondary N) is 1. The van der Waals surface area contributed by atoms with E-state index in [1.54, 1.807) is 6.20 Å². The van der Waals surface area contributed by atoms with Gasteiger partial charge in [0.05, 0.1) is 22.3 Å². The highest BCUT2D eigenvalue weighted by atomic mass is 35.5. The highest BCUT2D eigenvalue weighted by Crippen LogP contribution is 2.24. The zero-order valence-corrected chi connectivity index (χ0v) is 12.5. The smallest absolute Gasteiger partial charge is 0.0751 e. The second-order valence-corrected chi connectivity index (χ2v) is 5.28. The molecule has 4 heteroatoms. The first-order valence-corrected chi connectivity index (χ1v) is 7.35. The zero-order valence-electron chi connectivity index (χ0n) is 11.8. The van der Waals surface area contributed by atoms with Gasteiger partial charge >= 0.3 is 0 Å². The Morgan fingerprint density at radius 1 is 1.14 bits per heavy atom. The van der Waals surface area contributed by atoms with Gasteiger partial charge in [0.1, 0.15) is 0 Å². The van der Waals surface area contributed by atoms with Crippen LogP contribution in [0.1, 0.15) is 24.2 Å². The number of hydrogen-bond acceptors (Lipinski definition) is 3. The van der Waals surface area contributed by atoms with Crippen LogP contribution in [0.3, 0.4) is 0 Å². The molecule has 3 nitrogen and oxygen atoms in total. The number of rotatable bonds is 4. The van der Waals surface area contributed by atoms with E-state index in [9.17, 15) is 0 Å². The number of benzene rings is 1. The molecule has 1 atom stereocenters. The van der Waals surface area contributed by atoms with Crippen LogP contribution in [0.5, 0.6) is 0 Å². The van der Waals surface area contributed by atoms with Crippen LogP contribution in [0.2, 0.25) is 5.02 Å². The van der Waals surface area contributed by atoms with Gasteiger partial charge in [-0.3, -0.25) is 9.97 Å². The molecular weight excluding hydrogens is 282 g/mol. The molecule has 1 N–H and O–H groups in total. The summed E-state index contributed by atoms with van der Waals surface area (Å²) in [5.41, 5.74) is 3.14. The summed E-state index contributed by atoms with van der Waals surface area (Å²) in [6, 6.07) is 14.2. The van der Waals surface area contributed by atoms with Crippen molar-refractivity contribution in [2.75, 3.05) is 6.54 Å². The average molecular weight is 298 g/mol. The van der Waals surface area contributed by atoms with Crippen molar-refractivity contribution >= 4 is 22.5 Å². The number of pyridine rings is 2. The Morgan fingerprint density at radius 3 is 2.81 bits per heavy atom. The third kappa shape index (κ3) is 3.04. The predicted octanol–water partition coefficient (Wildman–Crippen LogP) is 3.98. The molecule has 3 aromatic rings. The van der Waals surface area contributed by atoms with E-state index >= 15 is 0 Å². The van der Waals surface area contributed by atoms with Crippen molar-refractivity contribution in [1.82, 2.24) is 15.3 Å². The molecule has 0 saturated carbocycles. The Labute approximate surface area is 129 Å². The van der Waals surface area contributed by atoms with E-state index in [0.717, 1.165) is 23.1 Å². The molecule has 2 heterocycles. The molecule has 0 bridgehead atoms. The Hall–Kier alpha value is -1.97. The summed E-state index contributed by atoms with van der Waals surface area (Å²) < 4.78 is 0. The van der Waals surface area contributed by atoms with Gasteiger partial charge in [-0.25, -0.2) is 0 Å². The normalized spacial score (nSPS) is 12.5. The summed E-state index contributed by atoms with van der Waals surface area (Å²) in [6.07, 6.45) is 3.49. The third-order valence-electron chi connectivity index (χ3n) is 3.41. The maximum Gasteiger partial charge on any atom is 0.0751 e. The highest BCUT2D eigenvalue weighted by Gasteiger charge is 2.14. The molecule has 0 aliphatic heterocycles. The van der Waals surface area contributed by atoms with Crippen molar-refractivity contribution in [3.63, 3.8) is 0 Å². The molecule has 0 saturated heterocycles. The summed E-state index contributed by atoms with van der Waals surface area (Å²) in [5, 5.41) is 5.25. The molecule has 1 aromatic carbocycles. The molecule has 3 rings (SSSR count). The van der Waals surface area contributed by atoms with Crippen LogP contribution >= 0.6 is 11.6 Å². The summed E-state index contributed by atoms with van der Waals surface area (Å²) in [7, 11) is 0. The monoisotopic (exact) mass is 297 g/mol. The molecule has 106 valence electrons. The Bertz CT molecular complexity index is 740. The lowest BCUT2D eigenvalue weighted by atomic mass is 10.0. The summed E-state index contributed by atoms with van der Waals surface area (Å²) in [5.74, 6) is 0. The van der Waals surface area contributed by atoms with Crippen LogP contribution in [-0.4, -0.2) is 16.5 Å². The fourth-order valence-electron chi connectivity index (χ4n) is 2.43. The minimum atomic E-state index is 0.0527. The van der Waals surface area contributed by atoms with E-state index in [0.29, 0.717) is 5.02 Å². The first-order chi connectivity index (χ1) is 10.3. The minimum absolute atomic E-state index is 0.0527. The van der Waals surface area contributed by atoms with E-state index in [2.05, 4.69) is 40.4 Å². The molecule has 0 aliphatic rings. The van der Waals surface area contributed by atoms with Crippen LogP contribution in [-0.2, 0) is 0 Å².